The zero-order chi connectivity index (χ0) is 25.4. The zero-order valence-corrected chi connectivity index (χ0v) is 18.6. The first kappa shape index (κ1) is 24.8. The first-order valence-electron chi connectivity index (χ1n) is 10.7. The number of benzene rings is 2. The van der Waals surface area contributed by atoms with Crippen LogP contribution in [0, 0.1) is 6.92 Å². The number of nitrogens with zero attached hydrogens (tertiary/aromatic N) is 2. The smallest absolute Gasteiger partial charge is 0.420 e. The van der Waals surface area contributed by atoms with Gasteiger partial charge in [0.05, 0.1) is 29.4 Å². The topological polar surface area (TPSA) is 82.3 Å². The molecule has 0 amide bonds. The lowest BCUT2D eigenvalue weighted by molar-refractivity contribution is -0.139. The standard InChI is InChI=1S/C23H22F6N4O2/c1-12-32-19-10-18(23(27,28)29)20(35-5-4-34-16-2-3-16)9-17(19)21(33-12)31-11-13-6-14(22(24,25)26)8-15(30)7-13/h6-10,16H,2-5,11,30H2,1H3,(H,31,32,33). The summed E-state index contributed by atoms with van der Waals surface area (Å²) in [4.78, 5) is 8.33. The van der Waals surface area contributed by atoms with E-state index >= 15 is 0 Å². The number of hydrogen-bond donors (Lipinski definition) is 2. The van der Waals surface area contributed by atoms with E-state index in [1.165, 1.54) is 19.1 Å². The number of nitrogens with one attached hydrogen (secondary N) is 1. The summed E-state index contributed by atoms with van der Waals surface area (Å²) in [6, 6.07) is 5.18. The summed E-state index contributed by atoms with van der Waals surface area (Å²) < 4.78 is 91.2. The fourth-order valence-electron chi connectivity index (χ4n) is 3.52. The molecule has 2 aromatic carbocycles. The van der Waals surface area contributed by atoms with Crippen LogP contribution in [0.15, 0.2) is 30.3 Å². The zero-order valence-electron chi connectivity index (χ0n) is 18.6. The molecule has 0 radical (unpaired) electrons. The number of ether oxygens (including phenoxy) is 2. The molecule has 6 nitrogen and oxygen atoms in total. The van der Waals surface area contributed by atoms with E-state index in [-0.39, 0.29) is 59.7 Å². The minimum Gasteiger partial charge on any atom is -0.491 e. The fourth-order valence-corrected chi connectivity index (χ4v) is 3.52. The van der Waals surface area contributed by atoms with E-state index in [1.807, 2.05) is 0 Å². The predicted molar refractivity (Wildman–Crippen MR) is 117 cm³/mol. The summed E-state index contributed by atoms with van der Waals surface area (Å²) in [7, 11) is 0. The van der Waals surface area contributed by atoms with Gasteiger partial charge in [-0.1, -0.05) is 0 Å². The Bertz CT molecular complexity index is 1230. The van der Waals surface area contributed by atoms with Crippen LogP contribution >= 0.6 is 0 Å². The van der Waals surface area contributed by atoms with Gasteiger partial charge in [0.25, 0.3) is 0 Å². The second-order valence-corrected chi connectivity index (χ2v) is 8.22. The van der Waals surface area contributed by atoms with Crippen LogP contribution in [0.5, 0.6) is 5.75 Å². The fraction of sp³-hybridized carbons (Fsp3) is 0.391. The van der Waals surface area contributed by atoms with Gasteiger partial charge in [0, 0.05) is 17.6 Å². The molecule has 3 N–H and O–H groups in total. The Hall–Kier alpha value is -3.28. The molecule has 0 unspecified atom stereocenters. The van der Waals surface area contributed by atoms with Gasteiger partial charge in [-0.3, -0.25) is 0 Å². The first-order chi connectivity index (χ1) is 16.4. The Labute approximate surface area is 196 Å². The van der Waals surface area contributed by atoms with Crippen LogP contribution in [-0.2, 0) is 23.6 Å². The maximum Gasteiger partial charge on any atom is 0.420 e. The third kappa shape index (κ3) is 6.24. The molecule has 1 saturated carbocycles. The molecule has 1 heterocycles. The Kier molecular flexibility index (Phi) is 6.67. The van der Waals surface area contributed by atoms with Crippen molar-refractivity contribution in [1.82, 2.24) is 9.97 Å². The van der Waals surface area contributed by atoms with E-state index in [2.05, 4.69) is 15.3 Å². The molecular weight excluding hydrogens is 478 g/mol. The minimum atomic E-state index is -4.69. The normalized spacial score (nSPS) is 14.4. The molecule has 0 aliphatic heterocycles. The van der Waals surface area contributed by atoms with Crippen LogP contribution in [0.4, 0.5) is 37.8 Å². The van der Waals surface area contributed by atoms with Crippen molar-refractivity contribution in [2.45, 2.75) is 44.8 Å². The third-order valence-electron chi connectivity index (χ3n) is 5.24. The summed E-state index contributed by atoms with van der Waals surface area (Å²) in [5.74, 6) is -0.0808. The lowest BCUT2D eigenvalue weighted by Gasteiger charge is -2.17. The van der Waals surface area contributed by atoms with E-state index < -0.39 is 29.2 Å². The Morgan fingerprint density at radius 1 is 0.971 bits per heavy atom. The van der Waals surface area contributed by atoms with Crippen LogP contribution in [0.25, 0.3) is 10.9 Å². The van der Waals surface area contributed by atoms with Crippen molar-refractivity contribution in [3.05, 3.63) is 52.8 Å². The monoisotopic (exact) mass is 500 g/mol. The number of nitrogens with two attached hydrogens (primary N) is 1. The van der Waals surface area contributed by atoms with Crippen LogP contribution in [-0.4, -0.2) is 29.3 Å². The third-order valence-corrected chi connectivity index (χ3v) is 5.24. The average Bonchev–Trinajstić information content (AvgIpc) is 3.57. The molecule has 4 rings (SSSR count). The van der Waals surface area contributed by atoms with Crippen LogP contribution in [0.3, 0.4) is 0 Å². The van der Waals surface area contributed by atoms with Crippen molar-refractivity contribution in [2.24, 2.45) is 0 Å². The highest BCUT2D eigenvalue weighted by Gasteiger charge is 2.35. The van der Waals surface area contributed by atoms with Gasteiger partial charge >= 0.3 is 12.4 Å². The van der Waals surface area contributed by atoms with Crippen molar-refractivity contribution in [2.75, 3.05) is 24.3 Å². The predicted octanol–water partition coefficient (Wildman–Crippen LogP) is 5.73. The van der Waals surface area contributed by atoms with Gasteiger partial charge in [-0.25, -0.2) is 9.97 Å². The molecule has 0 saturated heterocycles. The lowest BCUT2D eigenvalue weighted by atomic mass is 10.1. The maximum absolute atomic E-state index is 13.7. The number of nitrogen functional groups attached to an aromatic ring is 1. The van der Waals surface area contributed by atoms with E-state index in [0.29, 0.717) is 0 Å². The Balaban J connectivity index is 1.64. The molecule has 35 heavy (non-hydrogen) atoms. The Morgan fingerprint density at radius 3 is 2.37 bits per heavy atom. The average molecular weight is 500 g/mol. The van der Waals surface area contributed by atoms with E-state index in [0.717, 1.165) is 31.0 Å². The largest absolute Gasteiger partial charge is 0.491 e. The number of fused-ring (bicyclic) bond motifs is 1. The highest BCUT2D eigenvalue weighted by atomic mass is 19.4. The number of halogens is 6. The minimum absolute atomic E-state index is 0.0115. The van der Waals surface area contributed by atoms with Gasteiger partial charge in [0.2, 0.25) is 0 Å². The molecule has 3 aromatic rings. The van der Waals surface area contributed by atoms with Crippen molar-refractivity contribution < 1.29 is 35.8 Å². The summed E-state index contributed by atoms with van der Waals surface area (Å²) >= 11 is 0. The maximum atomic E-state index is 13.7. The highest BCUT2D eigenvalue weighted by molar-refractivity contribution is 5.91. The highest BCUT2D eigenvalue weighted by Crippen LogP contribution is 2.40. The van der Waals surface area contributed by atoms with Gasteiger partial charge in [0.1, 0.15) is 24.0 Å². The number of rotatable bonds is 8. The van der Waals surface area contributed by atoms with Crippen LogP contribution in [0.2, 0.25) is 0 Å². The summed E-state index contributed by atoms with van der Waals surface area (Å²) in [6.45, 7) is 1.46. The number of hydrogen-bond acceptors (Lipinski definition) is 6. The van der Waals surface area contributed by atoms with E-state index in [9.17, 15) is 26.3 Å². The number of aryl methyl sites for hydroxylation is 1. The molecule has 12 heteroatoms. The Morgan fingerprint density at radius 2 is 1.71 bits per heavy atom. The molecule has 188 valence electrons. The van der Waals surface area contributed by atoms with E-state index in [4.69, 9.17) is 15.2 Å². The summed E-state index contributed by atoms with van der Waals surface area (Å²) in [5, 5.41) is 3.11. The van der Waals surface area contributed by atoms with Crippen LogP contribution < -0.4 is 15.8 Å². The van der Waals surface area contributed by atoms with Gasteiger partial charge in [-0.05, 0) is 55.7 Å². The molecule has 1 aliphatic rings. The molecule has 0 bridgehead atoms. The first-order valence-corrected chi connectivity index (χ1v) is 10.7. The molecular formula is C23H22F6N4O2. The van der Waals surface area contributed by atoms with E-state index in [1.54, 1.807) is 0 Å². The number of alkyl halides is 6. The van der Waals surface area contributed by atoms with Crippen LogP contribution in [0.1, 0.15) is 35.4 Å². The molecule has 1 fully saturated rings. The summed E-state index contributed by atoms with van der Waals surface area (Å²) in [6.07, 6.45) is -7.29. The van der Waals surface area contributed by atoms with Gasteiger partial charge in [-0.2, -0.15) is 26.3 Å². The lowest BCUT2D eigenvalue weighted by Crippen LogP contribution is -2.13. The SMILES string of the molecule is Cc1nc(NCc2cc(N)cc(C(F)(F)F)c2)c2cc(OCCOC3CC3)c(C(F)(F)F)cc2n1. The van der Waals surface area contributed by atoms with Crippen molar-refractivity contribution in [3.63, 3.8) is 0 Å². The second-order valence-electron chi connectivity index (χ2n) is 8.22. The number of aromatic nitrogens is 2. The molecule has 1 aromatic heterocycles. The van der Waals surface area contributed by atoms with Crippen molar-refractivity contribution in [1.29, 1.82) is 0 Å². The molecule has 1 aliphatic carbocycles. The molecule has 0 atom stereocenters. The van der Waals surface area contributed by atoms with Gasteiger partial charge in [0.15, 0.2) is 0 Å². The van der Waals surface area contributed by atoms with Crippen molar-refractivity contribution >= 4 is 22.4 Å². The van der Waals surface area contributed by atoms with Gasteiger partial charge < -0.3 is 20.5 Å². The molecule has 0 spiro atoms. The summed E-state index contributed by atoms with van der Waals surface area (Å²) in [5.41, 5.74) is 3.88. The van der Waals surface area contributed by atoms with Crippen molar-refractivity contribution in [3.8, 4) is 5.75 Å². The quantitative estimate of drug-likeness (QED) is 0.234. The number of anilines is 2. The second kappa shape index (κ2) is 9.40. The van der Waals surface area contributed by atoms with Gasteiger partial charge in [-0.15, -0.1) is 0 Å².